The maximum Gasteiger partial charge on any atom is 0.119 e. The second-order valence-electron chi connectivity index (χ2n) is 5.07. The number of benzene rings is 1. The lowest BCUT2D eigenvalue weighted by atomic mass is 9.81. The number of hydrogen-bond acceptors (Lipinski definition) is 1. The molecule has 0 spiro atoms. The van der Waals surface area contributed by atoms with Crippen LogP contribution in [-0.2, 0) is 5.41 Å². The van der Waals surface area contributed by atoms with E-state index in [-0.39, 0.29) is 5.41 Å². The Bertz CT molecular complexity index is 356. The molecule has 0 aromatic heterocycles. The van der Waals surface area contributed by atoms with Gasteiger partial charge in [-0.1, -0.05) is 20.8 Å². The first-order valence-electron chi connectivity index (χ1n) is 5.05. The number of hydrogen-bond donors (Lipinski definition) is 1. The predicted octanol–water partition coefficient (Wildman–Crippen LogP) is 3.61. The van der Waals surface area contributed by atoms with Gasteiger partial charge in [-0.3, -0.25) is 0 Å². The van der Waals surface area contributed by atoms with E-state index in [0.29, 0.717) is 5.75 Å². The van der Waals surface area contributed by atoms with Crippen LogP contribution in [-0.4, -0.2) is 5.11 Å². The van der Waals surface area contributed by atoms with Crippen molar-refractivity contribution in [3.8, 4) is 5.75 Å². The smallest absolute Gasteiger partial charge is 0.119 e. The van der Waals surface area contributed by atoms with Gasteiger partial charge in [0.2, 0.25) is 0 Å². The molecule has 0 fully saturated rings. The van der Waals surface area contributed by atoms with Crippen molar-refractivity contribution in [2.24, 2.45) is 0 Å². The molecule has 1 aromatic rings. The van der Waals surface area contributed by atoms with Gasteiger partial charge in [-0.15, -0.1) is 0 Å². The highest BCUT2D eigenvalue weighted by Gasteiger charge is 2.19. The predicted molar refractivity (Wildman–Crippen MR) is 61.0 cm³/mol. The second kappa shape index (κ2) is 3.30. The van der Waals surface area contributed by atoms with Crippen molar-refractivity contribution in [1.82, 2.24) is 0 Å². The first-order chi connectivity index (χ1) is 6.25. The van der Waals surface area contributed by atoms with Gasteiger partial charge in [0.25, 0.3) is 0 Å². The highest BCUT2D eigenvalue weighted by atomic mass is 16.3. The first-order valence-corrected chi connectivity index (χ1v) is 5.05. The Morgan fingerprint density at radius 1 is 0.929 bits per heavy atom. The zero-order valence-electron chi connectivity index (χ0n) is 10.0. The summed E-state index contributed by atoms with van der Waals surface area (Å²) in [5.41, 5.74) is 4.83. The molecule has 0 bridgehead atoms. The van der Waals surface area contributed by atoms with E-state index < -0.39 is 0 Å². The molecule has 0 aliphatic carbocycles. The van der Waals surface area contributed by atoms with Crippen molar-refractivity contribution in [3.63, 3.8) is 0 Å². The van der Waals surface area contributed by atoms with E-state index in [1.807, 2.05) is 13.0 Å². The fourth-order valence-corrected chi connectivity index (χ4v) is 1.81. The summed E-state index contributed by atoms with van der Waals surface area (Å²) in [4.78, 5) is 0. The van der Waals surface area contributed by atoms with Gasteiger partial charge in [0.05, 0.1) is 0 Å². The lowest BCUT2D eigenvalue weighted by molar-refractivity contribution is 0.465. The Morgan fingerprint density at radius 3 is 1.86 bits per heavy atom. The molecule has 0 radical (unpaired) electrons. The Kier molecular flexibility index (Phi) is 2.62. The fourth-order valence-electron chi connectivity index (χ4n) is 1.81. The topological polar surface area (TPSA) is 20.2 Å². The summed E-state index contributed by atoms with van der Waals surface area (Å²) in [6, 6.07) is 1.90. The summed E-state index contributed by atoms with van der Waals surface area (Å²) in [5.74, 6) is 0.415. The third-order valence-electron chi connectivity index (χ3n) is 3.00. The number of aromatic hydroxyl groups is 1. The quantitative estimate of drug-likeness (QED) is 0.665. The van der Waals surface area contributed by atoms with E-state index in [1.54, 1.807) is 0 Å². The van der Waals surface area contributed by atoms with Gasteiger partial charge in [-0.2, -0.15) is 0 Å². The van der Waals surface area contributed by atoms with Crippen molar-refractivity contribution in [2.45, 2.75) is 47.0 Å². The molecule has 0 aliphatic rings. The zero-order chi connectivity index (χ0) is 11.1. The Hall–Kier alpha value is -0.980. The molecule has 0 saturated heterocycles. The van der Waals surface area contributed by atoms with Gasteiger partial charge in [-0.05, 0) is 54.5 Å². The van der Waals surface area contributed by atoms with Crippen molar-refractivity contribution < 1.29 is 5.11 Å². The molecule has 1 nitrogen and oxygen atoms in total. The van der Waals surface area contributed by atoms with E-state index in [9.17, 15) is 5.11 Å². The monoisotopic (exact) mass is 192 g/mol. The minimum absolute atomic E-state index is 0.0972. The van der Waals surface area contributed by atoms with E-state index in [1.165, 1.54) is 16.7 Å². The zero-order valence-corrected chi connectivity index (χ0v) is 10.0. The average molecular weight is 192 g/mol. The van der Waals surface area contributed by atoms with Gasteiger partial charge in [0.15, 0.2) is 0 Å². The maximum absolute atomic E-state index is 9.77. The Balaban J connectivity index is 3.49. The largest absolute Gasteiger partial charge is 0.508 e. The van der Waals surface area contributed by atoms with Gasteiger partial charge in [-0.25, -0.2) is 0 Å². The summed E-state index contributed by atoms with van der Waals surface area (Å²) >= 11 is 0. The van der Waals surface area contributed by atoms with Crippen molar-refractivity contribution in [1.29, 1.82) is 0 Å². The first kappa shape index (κ1) is 11.1. The van der Waals surface area contributed by atoms with Crippen LogP contribution in [0.4, 0.5) is 0 Å². The van der Waals surface area contributed by atoms with Gasteiger partial charge in [0, 0.05) is 0 Å². The minimum atomic E-state index is 0.0972. The summed E-state index contributed by atoms with van der Waals surface area (Å²) in [7, 11) is 0. The summed E-state index contributed by atoms with van der Waals surface area (Å²) in [5, 5.41) is 9.77. The highest BCUT2D eigenvalue weighted by molar-refractivity contribution is 5.49. The van der Waals surface area contributed by atoms with Crippen LogP contribution < -0.4 is 0 Å². The van der Waals surface area contributed by atoms with Gasteiger partial charge in [0.1, 0.15) is 5.75 Å². The van der Waals surface area contributed by atoms with Crippen LogP contribution in [0.25, 0.3) is 0 Å². The Morgan fingerprint density at radius 2 is 1.43 bits per heavy atom. The van der Waals surface area contributed by atoms with Gasteiger partial charge < -0.3 is 5.11 Å². The standard InChI is InChI=1S/C13H20O/c1-8-9(2)11(13(4,5)6)7-12(14)10(8)3/h7,14H,1-6H3. The molecule has 0 atom stereocenters. The summed E-state index contributed by atoms with van der Waals surface area (Å²) in [6.07, 6.45) is 0. The highest BCUT2D eigenvalue weighted by Crippen LogP contribution is 2.33. The molecule has 1 aromatic carbocycles. The molecule has 1 rings (SSSR count). The molecule has 78 valence electrons. The molecular weight excluding hydrogens is 172 g/mol. The maximum atomic E-state index is 9.77. The third kappa shape index (κ3) is 1.77. The normalized spacial score (nSPS) is 11.9. The van der Waals surface area contributed by atoms with Crippen molar-refractivity contribution >= 4 is 0 Å². The van der Waals surface area contributed by atoms with E-state index >= 15 is 0 Å². The number of phenolic OH excluding ortho intramolecular Hbond substituents is 1. The second-order valence-corrected chi connectivity index (χ2v) is 5.07. The molecule has 0 heterocycles. The van der Waals surface area contributed by atoms with E-state index in [0.717, 1.165) is 5.56 Å². The SMILES string of the molecule is Cc1c(O)cc(C(C)(C)C)c(C)c1C. The van der Waals surface area contributed by atoms with Crippen LogP contribution in [0.5, 0.6) is 5.75 Å². The molecule has 14 heavy (non-hydrogen) atoms. The lowest BCUT2D eigenvalue weighted by Gasteiger charge is -2.24. The van der Waals surface area contributed by atoms with Crippen LogP contribution in [0.1, 0.15) is 43.0 Å². The molecule has 1 heteroatoms. The average Bonchev–Trinajstić information content (AvgIpc) is 2.06. The third-order valence-corrected chi connectivity index (χ3v) is 3.00. The van der Waals surface area contributed by atoms with Crippen molar-refractivity contribution in [2.75, 3.05) is 0 Å². The molecule has 0 aliphatic heterocycles. The number of rotatable bonds is 0. The Labute approximate surface area is 86.8 Å². The summed E-state index contributed by atoms with van der Waals surface area (Å²) < 4.78 is 0. The van der Waals surface area contributed by atoms with Crippen LogP contribution in [0.2, 0.25) is 0 Å². The molecule has 1 N–H and O–H groups in total. The van der Waals surface area contributed by atoms with Crippen LogP contribution in [0.15, 0.2) is 6.07 Å². The lowest BCUT2D eigenvalue weighted by Crippen LogP contribution is -2.14. The van der Waals surface area contributed by atoms with E-state index in [4.69, 9.17) is 0 Å². The van der Waals surface area contributed by atoms with Crippen LogP contribution in [0, 0.1) is 20.8 Å². The van der Waals surface area contributed by atoms with Crippen LogP contribution >= 0.6 is 0 Å². The molecule has 0 amide bonds. The molecule has 0 saturated carbocycles. The summed E-state index contributed by atoms with van der Waals surface area (Å²) in [6.45, 7) is 12.7. The van der Waals surface area contributed by atoms with Crippen LogP contribution in [0.3, 0.4) is 0 Å². The minimum Gasteiger partial charge on any atom is -0.508 e. The van der Waals surface area contributed by atoms with E-state index in [2.05, 4.69) is 34.6 Å². The molecular formula is C13H20O. The van der Waals surface area contributed by atoms with Gasteiger partial charge >= 0.3 is 0 Å². The van der Waals surface area contributed by atoms with Crippen molar-refractivity contribution in [3.05, 3.63) is 28.3 Å². The fraction of sp³-hybridized carbons (Fsp3) is 0.538. The molecule has 0 unspecified atom stereocenters. The number of phenols is 1.